The first kappa shape index (κ1) is 14.5. The smallest absolute Gasteiger partial charge is 0.303 e. The second kappa shape index (κ2) is 5.86. The highest BCUT2D eigenvalue weighted by molar-refractivity contribution is 7.90. The van der Waals surface area contributed by atoms with Crippen LogP contribution in [0.1, 0.15) is 18.4 Å². The average Bonchev–Trinajstić information content (AvgIpc) is 2.27. The van der Waals surface area contributed by atoms with Crippen LogP contribution in [0.5, 0.6) is 5.75 Å². The van der Waals surface area contributed by atoms with Gasteiger partial charge in [-0.1, -0.05) is 6.07 Å². The van der Waals surface area contributed by atoms with E-state index in [1.807, 2.05) is 0 Å². The monoisotopic (exact) mass is 272 g/mol. The third kappa shape index (κ3) is 4.03. The van der Waals surface area contributed by atoms with Crippen LogP contribution < -0.4 is 4.74 Å². The zero-order chi connectivity index (χ0) is 13.8. The van der Waals surface area contributed by atoms with Crippen molar-refractivity contribution >= 4 is 15.8 Å². The first-order chi connectivity index (χ1) is 8.34. The van der Waals surface area contributed by atoms with Gasteiger partial charge in [-0.05, 0) is 30.5 Å². The SMILES string of the molecule is COc1ccc(CCCC(=O)O)cc1S(C)(=O)=O. The predicted octanol–water partition coefficient (Wildman–Crippen LogP) is 1.51. The van der Waals surface area contributed by atoms with E-state index in [1.165, 1.54) is 13.2 Å². The third-order valence-corrected chi connectivity index (χ3v) is 3.60. The number of carboxylic acid groups (broad SMARTS) is 1. The molecule has 5 nitrogen and oxygen atoms in total. The van der Waals surface area contributed by atoms with Crippen LogP contribution in [0.4, 0.5) is 0 Å². The Morgan fingerprint density at radius 3 is 2.56 bits per heavy atom. The summed E-state index contributed by atoms with van der Waals surface area (Å²) in [6.07, 6.45) is 2.19. The van der Waals surface area contributed by atoms with Crippen molar-refractivity contribution < 1.29 is 23.1 Å². The van der Waals surface area contributed by atoms with Gasteiger partial charge in [0.1, 0.15) is 10.6 Å². The molecule has 0 radical (unpaired) electrons. The fraction of sp³-hybridized carbons (Fsp3) is 0.417. The summed E-state index contributed by atoms with van der Waals surface area (Å²) in [5, 5.41) is 8.54. The fourth-order valence-corrected chi connectivity index (χ4v) is 2.49. The third-order valence-electron chi connectivity index (χ3n) is 2.48. The number of sulfone groups is 1. The van der Waals surface area contributed by atoms with Gasteiger partial charge in [-0.2, -0.15) is 0 Å². The van der Waals surface area contributed by atoms with Crippen molar-refractivity contribution in [2.24, 2.45) is 0 Å². The van der Waals surface area contributed by atoms with Crippen LogP contribution in [-0.2, 0) is 21.1 Å². The molecule has 0 amide bonds. The number of aliphatic carboxylic acids is 1. The van der Waals surface area contributed by atoms with Crippen molar-refractivity contribution in [1.82, 2.24) is 0 Å². The minimum atomic E-state index is -3.35. The standard InChI is InChI=1S/C12H16O5S/c1-17-10-7-6-9(4-3-5-12(13)14)8-11(10)18(2,15)16/h6-8H,3-5H2,1-2H3,(H,13,14). The lowest BCUT2D eigenvalue weighted by Crippen LogP contribution is -2.02. The van der Waals surface area contributed by atoms with E-state index in [-0.39, 0.29) is 11.3 Å². The van der Waals surface area contributed by atoms with E-state index in [1.54, 1.807) is 12.1 Å². The summed E-state index contributed by atoms with van der Waals surface area (Å²) in [4.78, 5) is 10.5. The molecule has 0 bridgehead atoms. The molecule has 6 heteroatoms. The van der Waals surface area contributed by atoms with Gasteiger partial charge < -0.3 is 9.84 Å². The Hall–Kier alpha value is -1.56. The van der Waals surface area contributed by atoms with E-state index in [9.17, 15) is 13.2 Å². The van der Waals surface area contributed by atoms with Crippen molar-refractivity contribution in [2.75, 3.05) is 13.4 Å². The lowest BCUT2D eigenvalue weighted by atomic mass is 10.1. The molecule has 0 saturated carbocycles. The summed E-state index contributed by atoms with van der Waals surface area (Å²) in [5.41, 5.74) is 0.789. The first-order valence-corrected chi connectivity index (χ1v) is 7.32. The second-order valence-electron chi connectivity index (χ2n) is 4.00. The van der Waals surface area contributed by atoms with Gasteiger partial charge in [-0.3, -0.25) is 4.79 Å². The van der Waals surface area contributed by atoms with Gasteiger partial charge in [-0.15, -0.1) is 0 Å². The number of hydrogen-bond donors (Lipinski definition) is 1. The molecule has 0 heterocycles. The number of methoxy groups -OCH3 is 1. The molecule has 1 rings (SSSR count). The topological polar surface area (TPSA) is 80.7 Å². The van der Waals surface area contributed by atoms with Crippen LogP contribution in [0, 0.1) is 0 Å². The molecular weight excluding hydrogens is 256 g/mol. The Labute approximate surface area is 106 Å². The largest absolute Gasteiger partial charge is 0.495 e. The van der Waals surface area contributed by atoms with Crippen LogP contribution in [0.3, 0.4) is 0 Å². The Morgan fingerprint density at radius 1 is 1.39 bits per heavy atom. The van der Waals surface area contributed by atoms with Crippen LogP contribution in [0.15, 0.2) is 23.1 Å². The predicted molar refractivity (Wildman–Crippen MR) is 66.7 cm³/mol. The number of rotatable bonds is 6. The van der Waals surface area contributed by atoms with Gasteiger partial charge >= 0.3 is 5.97 Å². The Kier molecular flexibility index (Phi) is 4.72. The summed E-state index contributed by atoms with van der Waals surface area (Å²) in [7, 11) is -1.94. The van der Waals surface area contributed by atoms with Crippen molar-refractivity contribution in [3.63, 3.8) is 0 Å². The van der Waals surface area contributed by atoms with Crippen LogP contribution in [0.2, 0.25) is 0 Å². The van der Waals surface area contributed by atoms with Gasteiger partial charge in [0.25, 0.3) is 0 Å². The molecule has 1 aromatic carbocycles. The molecule has 0 aromatic heterocycles. The highest BCUT2D eigenvalue weighted by Crippen LogP contribution is 2.25. The molecule has 0 unspecified atom stereocenters. The molecule has 0 fully saturated rings. The molecule has 0 aliphatic heterocycles. The number of carboxylic acids is 1. The lowest BCUT2D eigenvalue weighted by Gasteiger charge is -2.09. The van der Waals surface area contributed by atoms with E-state index in [0.29, 0.717) is 18.6 Å². The van der Waals surface area contributed by atoms with Crippen molar-refractivity contribution in [2.45, 2.75) is 24.2 Å². The molecule has 1 aromatic rings. The Bertz CT molecular complexity index is 533. The zero-order valence-electron chi connectivity index (χ0n) is 10.3. The van der Waals surface area contributed by atoms with Crippen molar-refractivity contribution in [3.8, 4) is 5.75 Å². The molecule has 18 heavy (non-hydrogen) atoms. The van der Waals surface area contributed by atoms with Gasteiger partial charge in [0.05, 0.1) is 7.11 Å². The van der Waals surface area contributed by atoms with Gasteiger partial charge in [0.2, 0.25) is 0 Å². The summed E-state index contributed by atoms with van der Waals surface area (Å²) in [6, 6.07) is 4.87. The summed E-state index contributed by atoms with van der Waals surface area (Å²) in [6.45, 7) is 0. The highest BCUT2D eigenvalue weighted by atomic mass is 32.2. The minimum absolute atomic E-state index is 0.0697. The minimum Gasteiger partial charge on any atom is -0.495 e. The Morgan fingerprint density at radius 2 is 2.06 bits per heavy atom. The van der Waals surface area contributed by atoms with Gasteiger partial charge in [0, 0.05) is 12.7 Å². The number of hydrogen-bond acceptors (Lipinski definition) is 4. The highest BCUT2D eigenvalue weighted by Gasteiger charge is 2.14. The van der Waals surface area contributed by atoms with Crippen LogP contribution in [0.25, 0.3) is 0 Å². The maximum atomic E-state index is 11.6. The maximum absolute atomic E-state index is 11.6. The Balaban J connectivity index is 2.93. The summed E-state index contributed by atoms with van der Waals surface area (Å²) < 4.78 is 28.1. The second-order valence-corrected chi connectivity index (χ2v) is 5.99. The van der Waals surface area contributed by atoms with Crippen molar-refractivity contribution in [3.05, 3.63) is 23.8 Å². The molecule has 0 aliphatic carbocycles. The molecule has 0 aliphatic rings. The molecule has 1 N–H and O–H groups in total. The first-order valence-electron chi connectivity index (χ1n) is 5.43. The van der Waals surface area contributed by atoms with E-state index in [4.69, 9.17) is 9.84 Å². The number of carbonyl (C=O) groups is 1. The molecule has 0 spiro atoms. The maximum Gasteiger partial charge on any atom is 0.303 e. The van der Waals surface area contributed by atoms with E-state index in [0.717, 1.165) is 11.8 Å². The summed E-state index contributed by atoms with van der Waals surface area (Å²) >= 11 is 0. The molecular formula is C12H16O5S. The van der Waals surface area contributed by atoms with E-state index < -0.39 is 15.8 Å². The van der Waals surface area contributed by atoms with Gasteiger partial charge in [0.15, 0.2) is 9.84 Å². The normalized spacial score (nSPS) is 11.2. The van der Waals surface area contributed by atoms with Crippen LogP contribution in [-0.4, -0.2) is 32.9 Å². The number of aryl methyl sites for hydroxylation is 1. The zero-order valence-corrected chi connectivity index (χ0v) is 11.2. The van der Waals surface area contributed by atoms with E-state index in [2.05, 4.69) is 0 Å². The number of ether oxygens (including phenoxy) is 1. The number of benzene rings is 1. The van der Waals surface area contributed by atoms with Crippen molar-refractivity contribution in [1.29, 1.82) is 0 Å². The average molecular weight is 272 g/mol. The van der Waals surface area contributed by atoms with Gasteiger partial charge in [-0.25, -0.2) is 8.42 Å². The molecule has 0 atom stereocenters. The molecule has 100 valence electrons. The van der Waals surface area contributed by atoms with Crippen LogP contribution >= 0.6 is 0 Å². The quantitative estimate of drug-likeness (QED) is 0.849. The summed E-state index contributed by atoms with van der Waals surface area (Å²) in [5.74, 6) is -0.550. The molecule has 0 saturated heterocycles. The fourth-order valence-electron chi connectivity index (χ4n) is 1.61. The van der Waals surface area contributed by atoms with E-state index >= 15 is 0 Å². The lowest BCUT2D eigenvalue weighted by molar-refractivity contribution is -0.137.